The minimum atomic E-state index is -0.390. The molecule has 0 saturated heterocycles. The highest BCUT2D eigenvalue weighted by Gasteiger charge is 2.32. The number of urea groups is 1. The molecule has 0 bridgehead atoms. The summed E-state index contributed by atoms with van der Waals surface area (Å²) in [4.78, 5) is 44.7. The largest absolute Gasteiger partial charge is 0.491 e. The van der Waals surface area contributed by atoms with Crippen LogP contribution in [-0.4, -0.2) is 91.4 Å². The molecular formula is C28H37ClN4O6. The molecular weight excluding hydrogens is 524 g/mol. The summed E-state index contributed by atoms with van der Waals surface area (Å²) in [6.07, 6.45) is 0. The summed E-state index contributed by atoms with van der Waals surface area (Å²) in [5, 5.41) is 12.0. The molecule has 39 heavy (non-hydrogen) atoms. The molecule has 4 amide bonds. The minimum Gasteiger partial charge on any atom is -0.491 e. The molecule has 0 spiro atoms. The molecule has 0 unspecified atom stereocenters. The summed E-state index contributed by atoms with van der Waals surface area (Å²) in [5.74, 6) is -0.0572. The van der Waals surface area contributed by atoms with Crippen LogP contribution in [0.2, 0.25) is 5.02 Å². The SMILES string of the molecule is COCCN(C(=O)CNC(=O)N1Cc2ccccc2N(C(=O)c2ccc(OCCO)cc2Cl)C[C@H]1C)C(C)C. The molecule has 3 rings (SSSR count). The number of methoxy groups -OCH3 is 1. The van der Waals surface area contributed by atoms with Crippen molar-refractivity contribution in [3.8, 4) is 5.75 Å². The number of benzene rings is 2. The van der Waals surface area contributed by atoms with E-state index in [1.165, 1.54) is 0 Å². The van der Waals surface area contributed by atoms with Gasteiger partial charge >= 0.3 is 6.03 Å². The summed E-state index contributed by atoms with van der Waals surface area (Å²) >= 11 is 6.45. The van der Waals surface area contributed by atoms with Gasteiger partial charge < -0.3 is 34.6 Å². The Balaban J connectivity index is 1.78. The molecule has 212 valence electrons. The molecule has 0 radical (unpaired) electrons. The van der Waals surface area contributed by atoms with E-state index in [9.17, 15) is 14.4 Å². The number of aliphatic hydroxyl groups is 1. The number of ether oxygens (including phenoxy) is 2. The first-order chi connectivity index (χ1) is 18.7. The number of anilines is 1. The fraction of sp³-hybridized carbons (Fsp3) is 0.464. The highest BCUT2D eigenvalue weighted by atomic mass is 35.5. The molecule has 2 aromatic rings. The molecule has 10 nitrogen and oxygen atoms in total. The third-order valence-corrected chi connectivity index (χ3v) is 6.82. The van der Waals surface area contributed by atoms with Crippen LogP contribution in [0.5, 0.6) is 5.75 Å². The Hall–Kier alpha value is -3.34. The van der Waals surface area contributed by atoms with Crippen molar-refractivity contribution in [1.82, 2.24) is 15.1 Å². The second-order valence-electron chi connectivity index (χ2n) is 9.57. The Morgan fingerprint density at radius 3 is 2.59 bits per heavy atom. The van der Waals surface area contributed by atoms with Crippen LogP contribution in [0.3, 0.4) is 0 Å². The lowest BCUT2D eigenvalue weighted by Crippen LogP contribution is -2.51. The Bertz CT molecular complexity index is 1160. The zero-order valence-corrected chi connectivity index (χ0v) is 23.6. The molecule has 0 saturated carbocycles. The van der Waals surface area contributed by atoms with E-state index in [1.807, 2.05) is 45.0 Å². The van der Waals surface area contributed by atoms with Crippen LogP contribution < -0.4 is 15.0 Å². The molecule has 0 fully saturated rings. The summed E-state index contributed by atoms with van der Waals surface area (Å²) < 4.78 is 10.5. The number of para-hydroxylation sites is 1. The second kappa shape index (κ2) is 14.2. The van der Waals surface area contributed by atoms with Gasteiger partial charge in [0.15, 0.2) is 0 Å². The van der Waals surface area contributed by atoms with Gasteiger partial charge in [-0.05, 0) is 50.6 Å². The van der Waals surface area contributed by atoms with Crippen LogP contribution in [-0.2, 0) is 16.1 Å². The molecule has 11 heteroatoms. The van der Waals surface area contributed by atoms with Gasteiger partial charge in [-0.15, -0.1) is 0 Å². The number of rotatable bonds is 10. The number of nitrogens with one attached hydrogen (secondary N) is 1. The monoisotopic (exact) mass is 560 g/mol. The highest BCUT2D eigenvalue weighted by Crippen LogP contribution is 2.31. The van der Waals surface area contributed by atoms with E-state index in [1.54, 1.807) is 40.0 Å². The molecule has 0 aliphatic carbocycles. The van der Waals surface area contributed by atoms with E-state index in [0.717, 1.165) is 5.56 Å². The lowest BCUT2D eigenvalue weighted by atomic mass is 10.1. The van der Waals surface area contributed by atoms with Gasteiger partial charge in [0, 0.05) is 44.5 Å². The molecule has 2 N–H and O–H groups in total. The summed E-state index contributed by atoms with van der Waals surface area (Å²) in [7, 11) is 1.58. The van der Waals surface area contributed by atoms with E-state index in [0.29, 0.717) is 30.2 Å². The third kappa shape index (κ3) is 7.62. The van der Waals surface area contributed by atoms with Gasteiger partial charge in [-0.2, -0.15) is 0 Å². The maximum Gasteiger partial charge on any atom is 0.318 e. The number of halogens is 1. The predicted octanol–water partition coefficient (Wildman–Crippen LogP) is 3.16. The number of fused-ring (bicyclic) bond motifs is 1. The van der Waals surface area contributed by atoms with Gasteiger partial charge in [-0.25, -0.2) is 4.79 Å². The van der Waals surface area contributed by atoms with Crippen LogP contribution >= 0.6 is 11.6 Å². The molecule has 0 aromatic heterocycles. The molecule has 2 aromatic carbocycles. The first kappa shape index (κ1) is 30.2. The van der Waals surface area contributed by atoms with Crippen molar-refractivity contribution in [2.75, 3.05) is 51.5 Å². The Labute approximate surface area is 234 Å². The number of hydrogen-bond acceptors (Lipinski definition) is 6. The third-order valence-electron chi connectivity index (χ3n) is 6.51. The van der Waals surface area contributed by atoms with E-state index < -0.39 is 0 Å². The van der Waals surface area contributed by atoms with Gasteiger partial charge in [-0.1, -0.05) is 29.8 Å². The smallest absolute Gasteiger partial charge is 0.318 e. The molecule has 1 aliphatic heterocycles. The standard InChI is InChI=1S/C28H37ClN4O6/c1-19(2)31(11-13-38-4)26(35)16-30-28(37)32-18-21-7-5-6-8-25(21)33(17-20(32)3)27(36)23-10-9-22(15-24(23)29)39-14-12-34/h5-10,15,19-20,34H,11-14,16-18H2,1-4H3,(H,30,37)/t20-/m1/s1. The average molecular weight is 561 g/mol. The van der Waals surface area contributed by atoms with Gasteiger partial charge in [-0.3, -0.25) is 9.59 Å². The number of carbonyl (C=O) groups excluding carboxylic acids is 3. The van der Waals surface area contributed by atoms with E-state index >= 15 is 0 Å². The van der Waals surface area contributed by atoms with Gasteiger partial charge in [0.25, 0.3) is 5.91 Å². The van der Waals surface area contributed by atoms with Crippen LogP contribution in [0.1, 0.15) is 36.7 Å². The van der Waals surface area contributed by atoms with Crippen LogP contribution in [0.15, 0.2) is 42.5 Å². The summed E-state index contributed by atoms with van der Waals surface area (Å²) in [5.41, 5.74) is 1.77. The Morgan fingerprint density at radius 2 is 1.92 bits per heavy atom. The zero-order chi connectivity index (χ0) is 28.5. The van der Waals surface area contributed by atoms with Crippen molar-refractivity contribution in [2.45, 2.75) is 39.4 Å². The van der Waals surface area contributed by atoms with E-state index in [2.05, 4.69) is 5.32 Å². The number of amides is 4. The van der Waals surface area contributed by atoms with Crippen molar-refractivity contribution < 1.29 is 29.0 Å². The second-order valence-corrected chi connectivity index (χ2v) is 9.97. The maximum atomic E-state index is 13.7. The number of hydrogen-bond donors (Lipinski definition) is 2. The zero-order valence-electron chi connectivity index (χ0n) is 22.9. The Kier molecular flexibility index (Phi) is 11.0. The van der Waals surface area contributed by atoms with Gasteiger partial charge in [0.2, 0.25) is 5.91 Å². The van der Waals surface area contributed by atoms with Gasteiger partial charge in [0.05, 0.1) is 30.3 Å². The van der Waals surface area contributed by atoms with Crippen LogP contribution in [0.25, 0.3) is 0 Å². The number of nitrogens with zero attached hydrogens (tertiary/aromatic N) is 3. The first-order valence-electron chi connectivity index (χ1n) is 12.9. The fourth-order valence-electron chi connectivity index (χ4n) is 4.46. The number of carbonyl (C=O) groups is 3. The minimum absolute atomic E-state index is 0.0322. The van der Waals surface area contributed by atoms with Crippen molar-refractivity contribution in [2.24, 2.45) is 0 Å². The van der Waals surface area contributed by atoms with Crippen molar-refractivity contribution in [3.63, 3.8) is 0 Å². The lowest BCUT2D eigenvalue weighted by Gasteiger charge is -2.30. The van der Waals surface area contributed by atoms with Crippen molar-refractivity contribution in [3.05, 3.63) is 58.6 Å². The lowest BCUT2D eigenvalue weighted by molar-refractivity contribution is -0.132. The fourth-order valence-corrected chi connectivity index (χ4v) is 4.71. The summed E-state index contributed by atoms with van der Waals surface area (Å²) in [6, 6.07) is 11.4. The topological polar surface area (TPSA) is 112 Å². The quantitative estimate of drug-likeness (QED) is 0.462. The molecule has 1 atom stereocenters. The predicted molar refractivity (Wildman–Crippen MR) is 149 cm³/mol. The number of aliphatic hydroxyl groups excluding tert-OH is 1. The van der Waals surface area contributed by atoms with Crippen LogP contribution in [0, 0.1) is 0 Å². The van der Waals surface area contributed by atoms with Crippen molar-refractivity contribution >= 4 is 35.1 Å². The Morgan fingerprint density at radius 1 is 1.18 bits per heavy atom. The highest BCUT2D eigenvalue weighted by molar-refractivity contribution is 6.34. The van der Waals surface area contributed by atoms with E-state index in [-0.39, 0.29) is 67.8 Å². The average Bonchev–Trinajstić information content (AvgIpc) is 3.06. The normalized spacial score (nSPS) is 15.0. The molecule has 1 aliphatic rings. The van der Waals surface area contributed by atoms with Crippen LogP contribution in [0.4, 0.5) is 10.5 Å². The maximum absolute atomic E-state index is 13.7. The summed E-state index contributed by atoms with van der Waals surface area (Å²) in [6.45, 7) is 6.86. The first-order valence-corrected chi connectivity index (χ1v) is 13.3. The van der Waals surface area contributed by atoms with E-state index in [4.69, 9.17) is 26.2 Å². The van der Waals surface area contributed by atoms with Gasteiger partial charge in [0.1, 0.15) is 12.4 Å². The van der Waals surface area contributed by atoms with Crippen molar-refractivity contribution in [1.29, 1.82) is 0 Å². The molecule has 1 heterocycles.